The second kappa shape index (κ2) is 8.20. The maximum absolute atomic E-state index is 12.5. The summed E-state index contributed by atoms with van der Waals surface area (Å²) in [6.45, 7) is -3.99. The maximum atomic E-state index is 12.5. The number of alkyl halides is 6. The first-order valence-electron chi connectivity index (χ1n) is 7.25. The van der Waals surface area contributed by atoms with Crippen LogP contribution in [0.4, 0.5) is 26.3 Å². The molecular formula is C14H10ClF6N3O4S. The Morgan fingerprint density at radius 3 is 1.66 bits per heavy atom. The zero-order valence-corrected chi connectivity index (χ0v) is 15.5. The van der Waals surface area contributed by atoms with Crippen LogP contribution in [0, 0.1) is 0 Å². The molecule has 15 heteroatoms. The largest absolute Gasteiger partial charge is 0.467 e. The minimum Gasteiger partial charge on any atom is -0.467 e. The summed E-state index contributed by atoms with van der Waals surface area (Å²) in [6, 6.07) is 5.24. The summed E-state index contributed by atoms with van der Waals surface area (Å²) in [5.74, 6) is -2.92. The number of sulfonamides is 1. The molecule has 0 amide bonds. The first kappa shape index (κ1) is 23.0. The van der Waals surface area contributed by atoms with Crippen LogP contribution in [-0.2, 0) is 10.0 Å². The Labute approximate surface area is 164 Å². The summed E-state index contributed by atoms with van der Waals surface area (Å²) in [6.07, 6.45) is -9.82. The van der Waals surface area contributed by atoms with Gasteiger partial charge in [-0.3, -0.25) is 0 Å². The van der Waals surface area contributed by atoms with Crippen molar-refractivity contribution in [3.63, 3.8) is 0 Å². The van der Waals surface area contributed by atoms with Gasteiger partial charge in [-0.05, 0) is 24.3 Å². The highest BCUT2D eigenvalue weighted by atomic mass is 35.5. The molecule has 0 bridgehead atoms. The van der Waals surface area contributed by atoms with Gasteiger partial charge in [0.2, 0.25) is 26.7 Å². The Balaban J connectivity index is 2.65. The third-order valence-corrected chi connectivity index (χ3v) is 4.11. The lowest BCUT2D eigenvalue weighted by molar-refractivity contribution is -0.155. The molecule has 2 aromatic rings. The zero-order valence-electron chi connectivity index (χ0n) is 13.9. The SMILES string of the molecule is NS(=O)(=O)c1c(OCC(F)(F)F)nc(-c2ccc(Cl)cc2)nc1OCC(F)(F)F. The summed E-state index contributed by atoms with van der Waals surface area (Å²) in [5, 5.41) is 5.16. The van der Waals surface area contributed by atoms with Crippen molar-refractivity contribution in [1.82, 2.24) is 9.97 Å². The van der Waals surface area contributed by atoms with Crippen LogP contribution in [0.5, 0.6) is 11.8 Å². The molecule has 0 radical (unpaired) electrons. The Kier molecular flexibility index (Phi) is 6.49. The van der Waals surface area contributed by atoms with Crippen molar-refractivity contribution in [2.45, 2.75) is 17.2 Å². The van der Waals surface area contributed by atoms with Gasteiger partial charge in [0.15, 0.2) is 19.0 Å². The number of aromatic nitrogens is 2. The first-order valence-corrected chi connectivity index (χ1v) is 9.18. The van der Waals surface area contributed by atoms with E-state index < -0.39 is 58.1 Å². The highest BCUT2D eigenvalue weighted by Crippen LogP contribution is 2.34. The second-order valence-corrected chi connectivity index (χ2v) is 7.28. The van der Waals surface area contributed by atoms with E-state index in [9.17, 15) is 34.8 Å². The Morgan fingerprint density at radius 1 is 0.897 bits per heavy atom. The molecule has 7 nitrogen and oxygen atoms in total. The Bertz CT molecular complexity index is 941. The summed E-state index contributed by atoms with van der Waals surface area (Å²) in [4.78, 5) is 5.74. The van der Waals surface area contributed by atoms with Gasteiger partial charge in [0.25, 0.3) is 0 Å². The molecule has 0 spiro atoms. The number of primary sulfonamides is 1. The van der Waals surface area contributed by atoms with Crippen LogP contribution in [0.15, 0.2) is 29.2 Å². The van der Waals surface area contributed by atoms with E-state index in [1.165, 1.54) is 24.3 Å². The predicted octanol–water partition coefficient (Wildman–Crippen LogP) is 3.33. The Hall–Kier alpha value is -2.32. The fourth-order valence-corrected chi connectivity index (χ4v) is 2.70. The summed E-state index contributed by atoms with van der Waals surface area (Å²) in [5.41, 5.74) is 0.0732. The molecule has 0 aliphatic heterocycles. The maximum Gasteiger partial charge on any atom is 0.422 e. The lowest BCUT2D eigenvalue weighted by Gasteiger charge is -2.16. The van der Waals surface area contributed by atoms with Crippen LogP contribution in [0.3, 0.4) is 0 Å². The topological polar surface area (TPSA) is 104 Å². The molecule has 0 aliphatic carbocycles. The molecule has 0 unspecified atom stereocenters. The number of hydrogen-bond donors (Lipinski definition) is 1. The third kappa shape index (κ3) is 6.90. The molecule has 160 valence electrons. The van der Waals surface area contributed by atoms with Crippen LogP contribution in [0.25, 0.3) is 11.4 Å². The third-order valence-electron chi connectivity index (χ3n) is 2.94. The number of nitrogens with zero attached hydrogens (tertiary/aromatic N) is 2. The molecule has 0 aliphatic rings. The average Bonchev–Trinajstić information content (AvgIpc) is 2.56. The molecule has 2 rings (SSSR count). The Morgan fingerprint density at radius 2 is 1.31 bits per heavy atom. The van der Waals surface area contributed by atoms with Crippen LogP contribution < -0.4 is 14.6 Å². The van der Waals surface area contributed by atoms with E-state index in [1.54, 1.807) is 0 Å². The van der Waals surface area contributed by atoms with Gasteiger partial charge in [-0.2, -0.15) is 36.3 Å². The van der Waals surface area contributed by atoms with Crippen LogP contribution >= 0.6 is 11.6 Å². The van der Waals surface area contributed by atoms with Gasteiger partial charge >= 0.3 is 12.4 Å². The molecule has 0 atom stereocenters. The molecule has 0 fully saturated rings. The smallest absolute Gasteiger partial charge is 0.422 e. The number of hydrogen-bond acceptors (Lipinski definition) is 6. The number of nitrogens with two attached hydrogens (primary N) is 1. The van der Waals surface area contributed by atoms with Crippen LogP contribution in [0.2, 0.25) is 5.02 Å². The van der Waals surface area contributed by atoms with Gasteiger partial charge in [-0.15, -0.1) is 0 Å². The monoisotopic (exact) mass is 465 g/mol. The normalized spacial score (nSPS) is 12.7. The van der Waals surface area contributed by atoms with Gasteiger partial charge in [0, 0.05) is 10.6 Å². The quantitative estimate of drug-likeness (QED) is 0.656. The van der Waals surface area contributed by atoms with Crippen molar-refractivity contribution >= 4 is 21.6 Å². The van der Waals surface area contributed by atoms with E-state index in [0.717, 1.165) is 0 Å². The first-order chi connectivity index (χ1) is 13.2. The van der Waals surface area contributed by atoms with Crippen molar-refractivity contribution in [3.05, 3.63) is 29.3 Å². The highest BCUT2D eigenvalue weighted by molar-refractivity contribution is 7.89. The van der Waals surface area contributed by atoms with Crippen molar-refractivity contribution in [2.24, 2.45) is 5.14 Å². The van der Waals surface area contributed by atoms with E-state index in [2.05, 4.69) is 19.4 Å². The minimum absolute atomic E-state index is 0.0732. The molecular weight excluding hydrogens is 456 g/mol. The van der Waals surface area contributed by atoms with Crippen molar-refractivity contribution < 1.29 is 44.2 Å². The molecule has 0 saturated heterocycles. The highest BCUT2D eigenvalue weighted by Gasteiger charge is 2.35. The fourth-order valence-electron chi connectivity index (χ4n) is 1.88. The molecule has 1 heterocycles. The standard InChI is InChI=1S/C14H10ClF6N3O4S/c15-8-3-1-7(2-4-8)10-23-11(27-5-13(16,17)18)9(29(22,25)26)12(24-10)28-6-14(19,20)21/h1-4H,5-6H2,(H2,22,25,26). The summed E-state index contributed by atoms with van der Waals surface area (Å²) < 4.78 is 107. The summed E-state index contributed by atoms with van der Waals surface area (Å²) in [7, 11) is -4.94. The van der Waals surface area contributed by atoms with Crippen molar-refractivity contribution in [3.8, 4) is 23.1 Å². The predicted molar refractivity (Wildman–Crippen MR) is 87.0 cm³/mol. The minimum atomic E-state index is -4.94. The molecule has 2 N–H and O–H groups in total. The number of ether oxygens (including phenoxy) is 2. The van der Waals surface area contributed by atoms with Crippen molar-refractivity contribution in [1.29, 1.82) is 0 Å². The lowest BCUT2D eigenvalue weighted by atomic mass is 10.2. The molecule has 29 heavy (non-hydrogen) atoms. The van der Waals surface area contributed by atoms with Gasteiger partial charge in [-0.25, -0.2) is 13.6 Å². The number of rotatable bonds is 6. The number of benzene rings is 1. The van der Waals surface area contributed by atoms with Gasteiger partial charge in [0.1, 0.15) is 0 Å². The van der Waals surface area contributed by atoms with Crippen molar-refractivity contribution in [2.75, 3.05) is 13.2 Å². The molecule has 1 aromatic carbocycles. The van der Waals surface area contributed by atoms with E-state index in [4.69, 9.17) is 16.7 Å². The van der Waals surface area contributed by atoms with Gasteiger partial charge in [0.05, 0.1) is 0 Å². The number of halogens is 7. The van der Waals surface area contributed by atoms with Gasteiger partial charge in [-0.1, -0.05) is 11.6 Å². The fraction of sp³-hybridized carbons (Fsp3) is 0.286. The molecule has 0 saturated carbocycles. The van der Waals surface area contributed by atoms with Crippen LogP contribution in [0.1, 0.15) is 0 Å². The lowest BCUT2D eigenvalue weighted by Crippen LogP contribution is -2.25. The van der Waals surface area contributed by atoms with Gasteiger partial charge < -0.3 is 9.47 Å². The second-order valence-electron chi connectivity index (χ2n) is 5.35. The van der Waals surface area contributed by atoms with E-state index >= 15 is 0 Å². The van der Waals surface area contributed by atoms with E-state index in [0.29, 0.717) is 0 Å². The average molecular weight is 466 g/mol. The summed E-state index contributed by atoms with van der Waals surface area (Å²) >= 11 is 5.71. The molecule has 1 aromatic heterocycles. The van der Waals surface area contributed by atoms with E-state index in [1.807, 2.05) is 0 Å². The van der Waals surface area contributed by atoms with Crippen LogP contribution in [-0.4, -0.2) is 44.0 Å². The zero-order chi connectivity index (χ0) is 22.0. The van der Waals surface area contributed by atoms with E-state index in [-0.39, 0.29) is 10.6 Å².